The summed E-state index contributed by atoms with van der Waals surface area (Å²) >= 11 is 0. The number of allylic oxidation sites excluding steroid dienone is 6. The lowest BCUT2D eigenvalue weighted by atomic mass is 9.61. The third-order valence-corrected chi connectivity index (χ3v) is 4.40. The first-order valence-corrected chi connectivity index (χ1v) is 5.54. The molecule has 66 valence electrons. The molecule has 2 fully saturated rings. The molecule has 0 heterocycles. The van der Waals surface area contributed by atoms with Gasteiger partial charge in [-0.05, 0) is 42.6 Å². The Morgan fingerprint density at radius 2 is 2.08 bits per heavy atom. The highest BCUT2D eigenvalue weighted by molar-refractivity contribution is 5.50. The minimum atomic E-state index is 0.821. The molecule has 2 saturated carbocycles. The fourth-order valence-electron chi connectivity index (χ4n) is 3.67. The lowest BCUT2D eigenvalue weighted by Crippen LogP contribution is -2.33. The first-order valence-electron chi connectivity index (χ1n) is 5.54. The highest BCUT2D eigenvalue weighted by Crippen LogP contribution is 2.63. The molecule has 0 saturated heterocycles. The Labute approximate surface area is 79.0 Å². The summed E-state index contributed by atoms with van der Waals surface area (Å²) in [5, 5.41) is 0. The molecule has 0 aromatic rings. The van der Waals surface area contributed by atoms with Crippen molar-refractivity contribution in [1.82, 2.24) is 0 Å². The monoisotopic (exact) mass is 170 g/mol. The summed E-state index contributed by atoms with van der Waals surface area (Å²) in [7, 11) is 0. The lowest BCUT2D eigenvalue weighted by molar-refractivity contribution is 0.332. The van der Waals surface area contributed by atoms with E-state index in [9.17, 15) is 0 Å². The van der Waals surface area contributed by atoms with Crippen LogP contribution in [0.4, 0.5) is 0 Å². The fraction of sp³-hybridized carbons (Fsp3) is 0.538. The van der Waals surface area contributed by atoms with Crippen LogP contribution in [-0.2, 0) is 0 Å². The Bertz CT molecular complexity index is 356. The van der Waals surface area contributed by atoms with Crippen LogP contribution in [0.5, 0.6) is 0 Å². The third-order valence-electron chi connectivity index (χ3n) is 4.40. The van der Waals surface area contributed by atoms with Gasteiger partial charge in [0.15, 0.2) is 0 Å². The summed E-state index contributed by atoms with van der Waals surface area (Å²) in [5.74, 6) is 3.90. The van der Waals surface area contributed by atoms with Crippen LogP contribution in [0.1, 0.15) is 19.3 Å². The number of fused-ring (bicyclic) bond motifs is 5. The van der Waals surface area contributed by atoms with Gasteiger partial charge in [-0.15, -0.1) is 0 Å². The predicted octanol–water partition coefficient (Wildman–Crippen LogP) is 3.08. The molecule has 0 N–H and O–H groups in total. The van der Waals surface area contributed by atoms with E-state index in [4.69, 9.17) is 0 Å². The fourth-order valence-corrected chi connectivity index (χ4v) is 3.67. The molecule has 0 aliphatic heterocycles. The van der Waals surface area contributed by atoms with Gasteiger partial charge in [0.05, 0.1) is 0 Å². The number of hydrogen-bond donors (Lipinski definition) is 0. The van der Waals surface area contributed by atoms with Gasteiger partial charge in [0, 0.05) is 5.92 Å². The second kappa shape index (κ2) is 2.00. The normalized spacial score (nSPS) is 49.2. The van der Waals surface area contributed by atoms with Gasteiger partial charge >= 0.3 is 0 Å². The number of rotatable bonds is 0. The van der Waals surface area contributed by atoms with Crippen LogP contribution in [0.15, 0.2) is 35.5 Å². The molecule has 0 amide bonds. The van der Waals surface area contributed by atoms with Crippen molar-refractivity contribution in [3.05, 3.63) is 35.5 Å². The summed E-state index contributed by atoms with van der Waals surface area (Å²) in [6.07, 6.45) is 13.7. The van der Waals surface area contributed by atoms with Crippen molar-refractivity contribution in [3.63, 3.8) is 0 Å². The molecule has 0 nitrogen and oxygen atoms in total. The highest BCUT2D eigenvalue weighted by atomic mass is 14.6. The Morgan fingerprint density at radius 3 is 3.08 bits per heavy atom. The first kappa shape index (κ1) is 6.64. The zero-order chi connectivity index (χ0) is 8.41. The van der Waals surface area contributed by atoms with Crippen LogP contribution < -0.4 is 0 Å². The Morgan fingerprint density at radius 1 is 1.08 bits per heavy atom. The molecule has 4 aliphatic rings. The van der Waals surface area contributed by atoms with E-state index < -0.39 is 0 Å². The predicted molar refractivity (Wildman–Crippen MR) is 53.1 cm³/mol. The average Bonchev–Trinajstić information content (AvgIpc) is 2.89. The zero-order valence-corrected chi connectivity index (χ0v) is 7.74. The number of hydrogen-bond acceptors (Lipinski definition) is 0. The maximum Gasteiger partial charge on any atom is 0.00866 e. The van der Waals surface area contributed by atoms with E-state index in [-0.39, 0.29) is 0 Å². The minimum absolute atomic E-state index is 0.821. The van der Waals surface area contributed by atoms with Crippen molar-refractivity contribution < 1.29 is 0 Å². The molecule has 0 aromatic heterocycles. The van der Waals surface area contributed by atoms with Crippen molar-refractivity contribution >= 4 is 0 Å². The molecule has 0 heteroatoms. The largest absolute Gasteiger partial charge is 0.0764 e. The average molecular weight is 170 g/mol. The molecule has 0 aromatic carbocycles. The van der Waals surface area contributed by atoms with E-state index in [1.54, 1.807) is 5.57 Å². The van der Waals surface area contributed by atoms with Gasteiger partial charge in [0.2, 0.25) is 0 Å². The van der Waals surface area contributed by atoms with Crippen molar-refractivity contribution in [2.24, 2.45) is 23.7 Å². The van der Waals surface area contributed by atoms with E-state index in [0.717, 1.165) is 23.7 Å². The molecule has 4 aliphatic carbocycles. The van der Waals surface area contributed by atoms with Crippen molar-refractivity contribution in [2.45, 2.75) is 19.3 Å². The van der Waals surface area contributed by atoms with Gasteiger partial charge in [-0.2, -0.15) is 0 Å². The van der Waals surface area contributed by atoms with Gasteiger partial charge in [-0.3, -0.25) is 0 Å². The van der Waals surface area contributed by atoms with Crippen molar-refractivity contribution in [2.75, 3.05) is 0 Å². The molecule has 4 atom stereocenters. The quantitative estimate of drug-likeness (QED) is 0.524. The van der Waals surface area contributed by atoms with Crippen LogP contribution in [0.2, 0.25) is 0 Å². The first-order chi connectivity index (χ1) is 6.45. The second-order valence-electron chi connectivity index (χ2n) is 4.97. The maximum absolute atomic E-state index is 2.41. The van der Waals surface area contributed by atoms with E-state index in [1.807, 2.05) is 5.57 Å². The van der Waals surface area contributed by atoms with Crippen LogP contribution in [0.3, 0.4) is 0 Å². The van der Waals surface area contributed by atoms with Gasteiger partial charge in [-0.25, -0.2) is 0 Å². The highest BCUT2D eigenvalue weighted by Gasteiger charge is 2.53. The standard InChI is InChI=1S/C13H14/c1-2-4-10-9(3-1)11-6-5-8-7-12(8)13(10)11/h1-4,8-9,11-12H,5-7H2. The molecule has 0 radical (unpaired) electrons. The van der Waals surface area contributed by atoms with Gasteiger partial charge in [0.25, 0.3) is 0 Å². The van der Waals surface area contributed by atoms with Crippen molar-refractivity contribution in [3.8, 4) is 0 Å². The molecule has 13 heavy (non-hydrogen) atoms. The Kier molecular flexibility index (Phi) is 1.02. The molecule has 0 spiro atoms. The molecular weight excluding hydrogens is 156 g/mol. The summed E-state index contributed by atoms with van der Waals surface area (Å²) < 4.78 is 0. The second-order valence-corrected chi connectivity index (χ2v) is 4.97. The van der Waals surface area contributed by atoms with E-state index in [1.165, 1.54) is 19.3 Å². The topological polar surface area (TPSA) is 0 Å². The zero-order valence-electron chi connectivity index (χ0n) is 7.74. The minimum Gasteiger partial charge on any atom is -0.0764 e. The van der Waals surface area contributed by atoms with Crippen LogP contribution >= 0.6 is 0 Å². The molecular formula is C13H14. The van der Waals surface area contributed by atoms with Crippen LogP contribution in [-0.4, -0.2) is 0 Å². The van der Waals surface area contributed by atoms with Gasteiger partial charge in [0.1, 0.15) is 0 Å². The van der Waals surface area contributed by atoms with Crippen molar-refractivity contribution in [1.29, 1.82) is 0 Å². The molecule has 4 rings (SSSR count). The SMILES string of the molecule is C1=CC2=C3C4CC4CCC3C2C=C1. The Balaban J connectivity index is 1.83. The smallest absolute Gasteiger partial charge is 0.00866 e. The van der Waals surface area contributed by atoms with Gasteiger partial charge in [-0.1, -0.05) is 29.9 Å². The Hall–Kier alpha value is -0.780. The van der Waals surface area contributed by atoms with E-state index in [0.29, 0.717) is 0 Å². The van der Waals surface area contributed by atoms with E-state index >= 15 is 0 Å². The lowest BCUT2D eigenvalue weighted by Gasteiger charge is -2.44. The molecule has 4 unspecified atom stereocenters. The summed E-state index contributed by atoms with van der Waals surface area (Å²) in [6, 6.07) is 0. The van der Waals surface area contributed by atoms with E-state index in [2.05, 4.69) is 24.3 Å². The van der Waals surface area contributed by atoms with Crippen LogP contribution in [0.25, 0.3) is 0 Å². The van der Waals surface area contributed by atoms with Crippen LogP contribution in [0, 0.1) is 23.7 Å². The summed E-state index contributed by atoms with van der Waals surface area (Å²) in [4.78, 5) is 0. The third kappa shape index (κ3) is 0.688. The van der Waals surface area contributed by atoms with Gasteiger partial charge < -0.3 is 0 Å². The molecule has 0 bridgehead atoms. The summed E-state index contributed by atoms with van der Waals surface area (Å²) in [5.41, 5.74) is 3.56. The maximum atomic E-state index is 2.41. The summed E-state index contributed by atoms with van der Waals surface area (Å²) in [6.45, 7) is 0.